The van der Waals surface area contributed by atoms with Crippen molar-refractivity contribution in [2.75, 3.05) is 13.2 Å². The molecule has 0 aromatic rings. The molecule has 0 aliphatic rings. The summed E-state index contributed by atoms with van der Waals surface area (Å²) in [6, 6.07) is 1.15. The topological polar surface area (TPSA) is 18.5 Å². The minimum absolute atomic E-state index is 0.890. The lowest BCUT2D eigenvalue weighted by atomic mass is 10.4. The highest BCUT2D eigenvalue weighted by Crippen LogP contribution is 2.06. The maximum Gasteiger partial charge on any atom is 0.384 e. The van der Waals surface area contributed by atoms with Crippen LogP contribution >= 0.6 is 0 Å². The molecule has 3 heteroatoms. The van der Waals surface area contributed by atoms with E-state index < -0.39 is 9.28 Å². The van der Waals surface area contributed by atoms with Crippen LogP contribution in [-0.4, -0.2) is 22.5 Å². The summed E-state index contributed by atoms with van der Waals surface area (Å²) in [5.74, 6) is 0. The van der Waals surface area contributed by atoms with Crippen molar-refractivity contribution < 1.29 is 8.85 Å². The van der Waals surface area contributed by atoms with Crippen LogP contribution in [0.2, 0.25) is 6.04 Å². The predicted octanol–water partition coefficient (Wildman–Crippen LogP) is 3.91. The van der Waals surface area contributed by atoms with Gasteiger partial charge in [0.1, 0.15) is 0 Å². The van der Waals surface area contributed by atoms with Gasteiger partial charge >= 0.3 is 9.28 Å². The van der Waals surface area contributed by atoms with Gasteiger partial charge in [0, 0.05) is 13.2 Å². The second kappa shape index (κ2) is 12.2. The van der Waals surface area contributed by atoms with Crippen molar-refractivity contribution in [2.45, 2.75) is 65.3 Å². The van der Waals surface area contributed by atoms with Crippen molar-refractivity contribution >= 4 is 9.28 Å². The highest BCUT2D eigenvalue weighted by Gasteiger charge is 2.14. The lowest BCUT2D eigenvalue weighted by molar-refractivity contribution is 0.190. The van der Waals surface area contributed by atoms with Gasteiger partial charge in [0.15, 0.2) is 0 Å². The second-order valence-corrected chi connectivity index (χ2v) is 5.70. The first-order valence-electron chi connectivity index (χ1n) is 6.46. The fourth-order valence-corrected chi connectivity index (χ4v) is 2.93. The number of rotatable bonds is 11. The normalized spacial score (nSPS) is 11.2. The van der Waals surface area contributed by atoms with E-state index in [4.69, 9.17) is 8.85 Å². The fourth-order valence-electron chi connectivity index (χ4n) is 1.17. The molecule has 91 valence electrons. The van der Waals surface area contributed by atoms with Crippen LogP contribution in [0.15, 0.2) is 0 Å². The minimum Gasteiger partial charge on any atom is -0.393 e. The number of hydrogen-bond acceptors (Lipinski definition) is 2. The summed E-state index contributed by atoms with van der Waals surface area (Å²) >= 11 is 0. The molecule has 0 heterocycles. The third-order valence-corrected chi connectivity index (χ3v) is 4.07. The first-order valence-corrected chi connectivity index (χ1v) is 7.98. The van der Waals surface area contributed by atoms with E-state index in [1.165, 1.54) is 25.7 Å². The molecule has 0 amide bonds. The average Bonchev–Trinajstić information content (AvgIpc) is 2.25. The largest absolute Gasteiger partial charge is 0.393 e. The van der Waals surface area contributed by atoms with Gasteiger partial charge in [-0.15, -0.1) is 0 Å². The van der Waals surface area contributed by atoms with Crippen molar-refractivity contribution in [1.82, 2.24) is 0 Å². The molecule has 2 nitrogen and oxygen atoms in total. The first kappa shape index (κ1) is 15.1. The SMILES string of the molecule is CCCCO[Si](CCCC)OCCCC. The Morgan fingerprint density at radius 2 is 1.20 bits per heavy atom. The summed E-state index contributed by atoms with van der Waals surface area (Å²) < 4.78 is 11.6. The van der Waals surface area contributed by atoms with Crippen LogP contribution in [0.5, 0.6) is 0 Å². The monoisotopic (exact) mass is 231 g/mol. The zero-order valence-electron chi connectivity index (χ0n) is 10.7. The molecule has 0 bridgehead atoms. The Labute approximate surface area is 97.2 Å². The first-order chi connectivity index (χ1) is 7.35. The van der Waals surface area contributed by atoms with E-state index in [0.29, 0.717) is 0 Å². The molecule has 0 atom stereocenters. The summed E-state index contributed by atoms with van der Waals surface area (Å²) in [6.07, 6.45) is 7.22. The van der Waals surface area contributed by atoms with Crippen LogP contribution in [0.3, 0.4) is 0 Å². The van der Waals surface area contributed by atoms with Gasteiger partial charge in [0.2, 0.25) is 0 Å². The van der Waals surface area contributed by atoms with Crippen molar-refractivity contribution in [3.05, 3.63) is 0 Å². The molecule has 0 aliphatic carbocycles. The minimum atomic E-state index is -0.952. The average molecular weight is 231 g/mol. The molecule has 0 N–H and O–H groups in total. The quantitative estimate of drug-likeness (QED) is 0.396. The van der Waals surface area contributed by atoms with E-state index in [-0.39, 0.29) is 0 Å². The molecule has 0 aromatic carbocycles. The molecule has 1 radical (unpaired) electrons. The Morgan fingerprint density at radius 1 is 0.733 bits per heavy atom. The molecule has 0 unspecified atom stereocenters. The maximum atomic E-state index is 5.81. The number of unbranched alkanes of at least 4 members (excludes halogenated alkanes) is 3. The van der Waals surface area contributed by atoms with Crippen molar-refractivity contribution in [1.29, 1.82) is 0 Å². The van der Waals surface area contributed by atoms with Gasteiger partial charge in [-0.3, -0.25) is 0 Å². The van der Waals surface area contributed by atoms with E-state index in [9.17, 15) is 0 Å². The van der Waals surface area contributed by atoms with Gasteiger partial charge in [0.25, 0.3) is 0 Å². The smallest absolute Gasteiger partial charge is 0.384 e. The molecule has 0 saturated heterocycles. The Kier molecular flexibility index (Phi) is 12.3. The summed E-state index contributed by atoms with van der Waals surface area (Å²) in [4.78, 5) is 0. The molecule has 0 aromatic heterocycles. The fraction of sp³-hybridized carbons (Fsp3) is 1.00. The highest BCUT2D eigenvalue weighted by molar-refractivity contribution is 6.44. The lowest BCUT2D eigenvalue weighted by Crippen LogP contribution is -2.23. The van der Waals surface area contributed by atoms with Gasteiger partial charge < -0.3 is 8.85 Å². The van der Waals surface area contributed by atoms with Gasteiger partial charge in [-0.2, -0.15) is 0 Å². The van der Waals surface area contributed by atoms with Gasteiger partial charge in [-0.25, -0.2) is 0 Å². The molecule has 0 aliphatic heterocycles. The molecule has 0 spiro atoms. The van der Waals surface area contributed by atoms with E-state index in [2.05, 4.69) is 20.8 Å². The molecular formula is C12H27O2Si. The molecular weight excluding hydrogens is 204 g/mol. The van der Waals surface area contributed by atoms with Crippen molar-refractivity contribution in [3.63, 3.8) is 0 Å². The molecule has 0 rings (SSSR count). The summed E-state index contributed by atoms with van der Waals surface area (Å²) in [5.41, 5.74) is 0. The van der Waals surface area contributed by atoms with Crippen LogP contribution in [0.25, 0.3) is 0 Å². The van der Waals surface area contributed by atoms with Crippen LogP contribution in [0, 0.1) is 0 Å². The summed E-state index contributed by atoms with van der Waals surface area (Å²) in [5, 5.41) is 0. The molecule has 0 fully saturated rings. The standard InChI is InChI=1S/C12H27O2Si/c1-4-7-10-13-15(12-9-6-3)14-11-8-5-2/h4-12H2,1-3H3. The van der Waals surface area contributed by atoms with Crippen LogP contribution in [-0.2, 0) is 8.85 Å². The van der Waals surface area contributed by atoms with E-state index >= 15 is 0 Å². The Morgan fingerprint density at radius 3 is 1.60 bits per heavy atom. The Bertz CT molecular complexity index is 110. The third-order valence-electron chi connectivity index (χ3n) is 2.26. The second-order valence-electron chi connectivity index (χ2n) is 3.88. The third kappa shape index (κ3) is 10.4. The Hall–Kier alpha value is 0.137. The molecule has 15 heavy (non-hydrogen) atoms. The van der Waals surface area contributed by atoms with Crippen LogP contribution < -0.4 is 0 Å². The number of hydrogen-bond donors (Lipinski definition) is 0. The van der Waals surface area contributed by atoms with Crippen molar-refractivity contribution in [2.24, 2.45) is 0 Å². The Balaban J connectivity index is 3.53. The molecule has 0 saturated carbocycles. The predicted molar refractivity (Wildman–Crippen MR) is 67.2 cm³/mol. The van der Waals surface area contributed by atoms with Gasteiger partial charge in [-0.1, -0.05) is 46.5 Å². The zero-order chi connectivity index (χ0) is 11.4. The zero-order valence-corrected chi connectivity index (χ0v) is 11.7. The van der Waals surface area contributed by atoms with Crippen LogP contribution in [0.4, 0.5) is 0 Å². The summed E-state index contributed by atoms with van der Waals surface area (Å²) in [6.45, 7) is 8.39. The van der Waals surface area contributed by atoms with Crippen molar-refractivity contribution in [3.8, 4) is 0 Å². The van der Waals surface area contributed by atoms with Gasteiger partial charge in [0.05, 0.1) is 0 Å². The van der Waals surface area contributed by atoms with E-state index in [1.54, 1.807) is 0 Å². The van der Waals surface area contributed by atoms with Gasteiger partial charge in [-0.05, 0) is 18.9 Å². The van der Waals surface area contributed by atoms with E-state index in [1.807, 2.05) is 0 Å². The highest BCUT2D eigenvalue weighted by atomic mass is 28.3. The maximum absolute atomic E-state index is 5.81. The summed E-state index contributed by atoms with van der Waals surface area (Å²) in [7, 11) is -0.952. The lowest BCUT2D eigenvalue weighted by Gasteiger charge is -2.14. The van der Waals surface area contributed by atoms with Crippen LogP contribution in [0.1, 0.15) is 59.3 Å². The van der Waals surface area contributed by atoms with E-state index in [0.717, 1.165) is 32.1 Å².